The normalized spacial score (nSPS) is 32.7. The zero-order valence-corrected chi connectivity index (χ0v) is 15.2. The number of nitrogens with one attached hydrogen (secondary N) is 2. The second kappa shape index (κ2) is 7.31. The van der Waals surface area contributed by atoms with Crippen molar-refractivity contribution in [3.05, 3.63) is 0 Å². The number of hydrogen-bond donors (Lipinski definition) is 2. The van der Waals surface area contributed by atoms with Gasteiger partial charge in [-0.2, -0.15) is 13.2 Å². The van der Waals surface area contributed by atoms with E-state index in [2.05, 4.69) is 5.32 Å². The van der Waals surface area contributed by atoms with Crippen LogP contribution >= 0.6 is 0 Å². The molecule has 4 bridgehead atoms. The Bertz CT molecular complexity index is 585. The van der Waals surface area contributed by atoms with Crippen LogP contribution in [-0.2, 0) is 19.1 Å². The van der Waals surface area contributed by atoms with Gasteiger partial charge in [-0.3, -0.25) is 9.59 Å². The molecule has 27 heavy (non-hydrogen) atoms. The zero-order chi connectivity index (χ0) is 19.8. The van der Waals surface area contributed by atoms with Gasteiger partial charge in [-0.25, -0.2) is 4.79 Å². The van der Waals surface area contributed by atoms with Gasteiger partial charge in [0.15, 0.2) is 6.61 Å². The standard InChI is InChI=1S/C18H25F3N2O4/c1-10(15(25)27-8-14(24)22-9-18(19,20)21)23-16(26)17-5-11-2-12(6-17)4-13(3-11)7-17/h10-13H,2-9H2,1H3,(H,22,24)(H,23,26)/t10-,11?,12?,13?,17?/m0/s1. The van der Waals surface area contributed by atoms with E-state index in [1.54, 1.807) is 5.32 Å². The lowest BCUT2D eigenvalue weighted by molar-refractivity contribution is -0.156. The molecule has 4 aliphatic rings. The molecule has 0 unspecified atom stereocenters. The van der Waals surface area contributed by atoms with Crippen LogP contribution < -0.4 is 10.6 Å². The third-order valence-electron chi connectivity index (χ3n) is 6.05. The van der Waals surface area contributed by atoms with Crippen molar-refractivity contribution in [2.75, 3.05) is 13.2 Å². The Hall–Kier alpha value is -1.80. The minimum absolute atomic E-state index is 0.146. The van der Waals surface area contributed by atoms with Crippen LogP contribution in [0.15, 0.2) is 0 Å². The SMILES string of the molecule is C[C@H](NC(=O)C12CC3CC(CC(C3)C1)C2)C(=O)OCC(=O)NCC(F)(F)F. The lowest BCUT2D eigenvalue weighted by atomic mass is 9.49. The third-order valence-corrected chi connectivity index (χ3v) is 6.05. The molecule has 6 nitrogen and oxygen atoms in total. The molecule has 0 aromatic heterocycles. The first-order chi connectivity index (χ1) is 12.6. The molecule has 0 aliphatic heterocycles. The van der Waals surface area contributed by atoms with Gasteiger partial charge in [0.1, 0.15) is 12.6 Å². The van der Waals surface area contributed by atoms with Gasteiger partial charge in [-0.05, 0) is 63.2 Å². The second-order valence-electron chi connectivity index (χ2n) is 8.39. The van der Waals surface area contributed by atoms with E-state index in [1.807, 2.05) is 0 Å². The van der Waals surface area contributed by atoms with E-state index >= 15 is 0 Å². The van der Waals surface area contributed by atoms with Crippen molar-refractivity contribution in [1.82, 2.24) is 10.6 Å². The minimum Gasteiger partial charge on any atom is -0.454 e. The molecule has 152 valence electrons. The highest BCUT2D eigenvalue weighted by molar-refractivity contribution is 5.89. The number of halogens is 3. The van der Waals surface area contributed by atoms with E-state index in [1.165, 1.54) is 26.2 Å². The van der Waals surface area contributed by atoms with Crippen molar-refractivity contribution in [2.45, 2.75) is 57.7 Å². The Labute approximate surface area is 155 Å². The van der Waals surface area contributed by atoms with Crippen LogP contribution in [-0.4, -0.2) is 43.2 Å². The fourth-order valence-corrected chi connectivity index (χ4v) is 5.31. The van der Waals surface area contributed by atoms with Gasteiger partial charge in [0.05, 0.1) is 0 Å². The first kappa shape index (κ1) is 19.9. The van der Waals surface area contributed by atoms with Gasteiger partial charge >= 0.3 is 12.1 Å². The van der Waals surface area contributed by atoms with Gasteiger partial charge in [-0.1, -0.05) is 0 Å². The Kier molecular flexibility index (Phi) is 5.40. The molecule has 0 heterocycles. The number of carbonyl (C=O) groups is 3. The fourth-order valence-electron chi connectivity index (χ4n) is 5.31. The highest BCUT2D eigenvalue weighted by Crippen LogP contribution is 2.60. The summed E-state index contributed by atoms with van der Waals surface area (Å²) in [5, 5.41) is 4.31. The van der Waals surface area contributed by atoms with Crippen LogP contribution in [0.25, 0.3) is 0 Å². The zero-order valence-electron chi connectivity index (χ0n) is 15.2. The summed E-state index contributed by atoms with van der Waals surface area (Å²) in [5.41, 5.74) is -0.409. The van der Waals surface area contributed by atoms with Crippen molar-refractivity contribution in [3.63, 3.8) is 0 Å². The lowest BCUT2D eigenvalue weighted by Crippen LogP contribution is -2.56. The minimum atomic E-state index is -4.53. The van der Waals surface area contributed by atoms with Gasteiger partial charge in [0.2, 0.25) is 5.91 Å². The first-order valence-electron chi connectivity index (χ1n) is 9.37. The van der Waals surface area contributed by atoms with Crippen molar-refractivity contribution in [1.29, 1.82) is 0 Å². The summed E-state index contributed by atoms with van der Waals surface area (Å²) >= 11 is 0. The number of amides is 2. The molecule has 0 spiro atoms. The maximum atomic E-state index is 12.8. The smallest absolute Gasteiger partial charge is 0.405 e. The molecule has 2 amide bonds. The van der Waals surface area contributed by atoms with Gasteiger partial charge in [0.25, 0.3) is 5.91 Å². The average molecular weight is 390 g/mol. The Morgan fingerprint density at radius 1 is 1.07 bits per heavy atom. The summed E-state index contributed by atoms with van der Waals surface area (Å²) in [6.07, 6.45) is 1.61. The van der Waals surface area contributed by atoms with E-state index in [0.29, 0.717) is 17.8 Å². The maximum absolute atomic E-state index is 12.8. The highest BCUT2D eigenvalue weighted by atomic mass is 19.4. The lowest BCUT2D eigenvalue weighted by Gasteiger charge is -2.55. The molecule has 4 fully saturated rings. The summed E-state index contributed by atoms with van der Waals surface area (Å²) < 4.78 is 40.8. The van der Waals surface area contributed by atoms with Crippen LogP contribution in [0, 0.1) is 23.2 Å². The fraction of sp³-hybridized carbons (Fsp3) is 0.833. The molecule has 0 aromatic rings. The van der Waals surface area contributed by atoms with Crippen molar-refractivity contribution in [2.24, 2.45) is 23.2 Å². The van der Waals surface area contributed by atoms with Crippen molar-refractivity contribution in [3.8, 4) is 0 Å². The number of alkyl halides is 3. The molecule has 2 N–H and O–H groups in total. The van der Waals surface area contributed by atoms with Crippen LogP contribution in [0.3, 0.4) is 0 Å². The topological polar surface area (TPSA) is 84.5 Å². The Morgan fingerprint density at radius 2 is 1.59 bits per heavy atom. The predicted molar refractivity (Wildman–Crippen MR) is 88.2 cm³/mol. The maximum Gasteiger partial charge on any atom is 0.405 e. The van der Waals surface area contributed by atoms with E-state index in [-0.39, 0.29) is 5.91 Å². The molecule has 4 aliphatic carbocycles. The van der Waals surface area contributed by atoms with E-state index in [4.69, 9.17) is 4.74 Å². The largest absolute Gasteiger partial charge is 0.454 e. The van der Waals surface area contributed by atoms with E-state index in [9.17, 15) is 27.6 Å². The average Bonchev–Trinajstić information content (AvgIpc) is 2.55. The van der Waals surface area contributed by atoms with E-state index in [0.717, 1.165) is 19.3 Å². The van der Waals surface area contributed by atoms with Gasteiger partial charge < -0.3 is 15.4 Å². The second-order valence-corrected chi connectivity index (χ2v) is 8.39. The molecular formula is C18H25F3N2O4. The van der Waals surface area contributed by atoms with Crippen LogP contribution in [0.2, 0.25) is 0 Å². The Balaban J connectivity index is 1.46. The highest BCUT2D eigenvalue weighted by Gasteiger charge is 2.54. The summed E-state index contributed by atoms with van der Waals surface area (Å²) in [6.45, 7) is -0.845. The molecule has 0 saturated heterocycles. The molecular weight excluding hydrogens is 365 g/mol. The molecule has 1 atom stereocenters. The van der Waals surface area contributed by atoms with Crippen molar-refractivity contribution >= 4 is 17.8 Å². The Morgan fingerprint density at radius 3 is 2.07 bits per heavy atom. The van der Waals surface area contributed by atoms with Gasteiger partial charge in [0, 0.05) is 5.41 Å². The summed E-state index contributed by atoms with van der Waals surface area (Å²) in [5.74, 6) is -0.271. The number of esters is 1. The molecule has 4 rings (SSSR count). The monoisotopic (exact) mass is 390 g/mol. The summed E-state index contributed by atoms with van der Waals surface area (Å²) in [6, 6.07) is -0.957. The number of hydrogen-bond acceptors (Lipinski definition) is 4. The van der Waals surface area contributed by atoms with Crippen LogP contribution in [0.5, 0.6) is 0 Å². The predicted octanol–water partition coefficient (Wildman–Crippen LogP) is 1.93. The summed E-state index contributed by atoms with van der Waals surface area (Å²) in [4.78, 5) is 36.1. The van der Waals surface area contributed by atoms with E-state index < -0.39 is 42.7 Å². The summed E-state index contributed by atoms with van der Waals surface area (Å²) in [7, 11) is 0. The van der Waals surface area contributed by atoms with Gasteiger partial charge in [-0.15, -0.1) is 0 Å². The number of ether oxygens (including phenoxy) is 1. The quantitative estimate of drug-likeness (QED) is 0.679. The molecule has 0 radical (unpaired) electrons. The third kappa shape index (κ3) is 4.73. The van der Waals surface area contributed by atoms with Crippen LogP contribution in [0.1, 0.15) is 45.4 Å². The molecule has 0 aromatic carbocycles. The molecule has 4 saturated carbocycles. The van der Waals surface area contributed by atoms with Crippen LogP contribution in [0.4, 0.5) is 13.2 Å². The first-order valence-corrected chi connectivity index (χ1v) is 9.37. The molecule has 9 heteroatoms. The number of carbonyl (C=O) groups excluding carboxylic acids is 3. The van der Waals surface area contributed by atoms with Crippen molar-refractivity contribution < 1.29 is 32.3 Å². The number of rotatable bonds is 6.